The van der Waals surface area contributed by atoms with Crippen LogP contribution in [0.15, 0.2) is 30.3 Å². The minimum Gasteiger partial charge on any atom is -0.490 e. The van der Waals surface area contributed by atoms with E-state index in [-0.39, 0.29) is 29.9 Å². The molecule has 6 nitrogen and oxygen atoms in total. The van der Waals surface area contributed by atoms with Crippen LogP contribution in [0.3, 0.4) is 0 Å². The van der Waals surface area contributed by atoms with Crippen LogP contribution in [0.4, 0.5) is 4.79 Å². The number of benzene rings is 1. The van der Waals surface area contributed by atoms with Crippen LogP contribution in [0.5, 0.6) is 5.75 Å². The van der Waals surface area contributed by atoms with Gasteiger partial charge in [-0.15, -0.1) is 11.3 Å². The molecule has 36 heavy (non-hydrogen) atoms. The molecule has 1 N–H and O–H groups in total. The monoisotopic (exact) mass is 517 g/mol. The van der Waals surface area contributed by atoms with Crippen LogP contribution in [0.2, 0.25) is 0 Å². The summed E-state index contributed by atoms with van der Waals surface area (Å²) in [6.07, 6.45) is 1.86. The van der Waals surface area contributed by atoms with Gasteiger partial charge in [-0.25, -0.2) is 9.69 Å². The molecule has 0 saturated carbocycles. The number of hydrogen-bond donors (Lipinski definition) is 1. The second-order valence-corrected chi connectivity index (χ2v) is 11.5. The van der Waals surface area contributed by atoms with Crippen molar-refractivity contribution in [3.05, 3.63) is 51.2 Å². The summed E-state index contributed by atoms with van der Waals surface area (Å²) in [5.74, 6) is 0.441. The van der Waals surface area contributed by atoms with E-state index in [1.807, 2.05) is 39.8 Å². The summed E-state index contributed by atoms with van der Waals surface area (Å²) in [5, 5.41) is 10.9. The van der Waals surface area contributed by atoms with Gasteiger partial charge in [-0.2, -0.15) is 0 Å². The molecule has 1 aromatic heterocycles. The van der Waals surface area contributed by atoms with Crippen LogP contribution >= 0.6 is 11.3 Å². The molecule has 0 bridgehead atoms. The summed E-state index contributed by atoms with van der Waals surface area (Å²) < 4.78 is 10.9. The van der Waals surface area contributed by atoms with E-state index in [0.717, 1.165) is 40.4 Å². The molecule has 0 fully saturated rings. The number of thiophene rings is 1. The molecule has 0 radical (unpaired) electrons. The van der Waals surface area contributed by atoms with Crippen molar-refractivity contribution in [2.24, 2.45) is 5.41 Å². The topological polar surface area (TPSA) is 76.1 Å². The van der Waals surface area contributed by atoms with E-state index in [1.165, 1.54) is 24.0 Å². The van der Waals surface area contributed by atoms with E-state index in [2.05, 4.69) is 32.9 Å². The maximum absolute atomic E-state index is 13.0. The van der Waals surface area contributed by atoms with Gasteiger partial charge in [-0.05, 0) is 67.9 Å². The zero-order chi connectivity index (χ0) is 27.3. The van der Waals surface area contributed by atoms with E-state index in [1.54, 1.807) is 13.0 Å². The number of aliphatic hydroxyl groups is 1. The molecular weight excluding hydrogens is 474 g/mol. The molecular formula is C29H43NO5S. The van der Waals surface area contributed by atoms with Crippen molar-refractivity contribution in [1.82, 2.24) is 4.90 Å². The molecule has 1 atom stereocenters. The van der Waals surface area contributed by atoms with Crippen LogP contribution in [-0.2, 0) is 16.6 Å². The normalized spacial score (nSPS) is 13.7. The van der Waals surface area contributed by atoms with E-state index < -0.39 is 11.7 Å². The fraction of sp³-hybridized carbons (Fsp3) is 0.586. The third-order valence-electron chi connectivity index (χ3n) is 7.57. The molecule has 7 heteroatoms. The number of rotatable bonds is 10. The minimum atomic E-state index is -0.968. The van der Waals surface area contributed by atoms with E-state index >= 15 is 0 Å². The van der Waals surface area contributed by atoms with Gasteiger partial charge in [0.25, 0.3) is 5.91 Å². The summed E-state index contributed by atoms with van der Waals surface area (Å²) in [6, 6.07) is 10.1. The Labute approximate surface area is 220 Å². The van der Waals surface area contributed by atoms with Gasteiger partial charge in [-0.3, -0.25) is 4.79 Å². The van der Waals surface area contributed by atoms with Crippen molar-refractivity contribution < 1.29 is 24.2 Å². The first-order valence-electron chi connectivity index (χ1n) is 12.8. The van der Waals surface area contributed by atoms with Crippen molar-refractivity contribution in [3.8, 4) is 5.75 Å². The largest absolute Gasteiger partial charge is 0.490 e. The Hall–Kier alpha value is -2.38. The van der Waals surface area contributed by atoms with Gasteiger partial charge in [0, 0.05) is 16.8 Å². The lowest BCUT2D eigenvalue weighted by atomic mass is 9.74. The second kappa shape index (κ2) is 11.8. The van der Waals surface area contributed by atoms with Crippen LogP contribution in [0.25, 0.3) is 0 Å². The zero-order valence-electron chi connectivity index (χ0n) is 23.4. The molecule has 0 aliphatic heterocycles. The lowest BCUT2D eigenvalue weighted by molar-refractivity contribution is -0.0726. The number of ether oxygens (including phenoxy) is 2. The van der Waals surface area contributed by atoms with E-state index in [9.17, 15) is 14.7 Å². The van der Waals surface area contributed by atoms with Gasteiger partial charge in [0.05, 0.1) is 12.0 Å². The zero-order valence-corrected chi connectivity index (χ0v) is 24.2. The average Bonchev–Trinajstić information content (AvgIpc) is 3.34. The Morgan fingerprint density at radius 3 is 2.14 bits per heavy atom. The Kier molecular flexibility index (Phi) is 9.77. The molecule has 2 rings (SSSR count). The highest BCUT2D eigenvalue weighted by atomic mass is 32.1. The lowest BCUT2D eigenvalue weighted by Crippen LogP contribution is -2.45. The lowest BCUT2D eigenvalue weighted by Gasteiger charge is -2.37. The predicted molar refractivity (Wildman–Crippen MR) is 146 cm³/mol. The third kappa shape index (κ3) is 5.94. The number of nitrogens with zero attached hydrogens (tertiary/aromatic N) is 1. The van der Waals surface area contributed by atoms with Crippen molar-refractivity contribution in [2.75, 3.05) is 20.3 Å². The highest BCUT2D eigenvalue weighted by Gasteiger charge is 2.37. The smallest absolute Gasteiger partial charge is 0.416 e. The second-order valence-electron chi connectivity index (χ2n) is 10.5. The number of hydrogen-bond acceptors (Lipinski definition) is 6. The van der Waals surface area contributed by atoms with Crippen LogP contribution in [0.1, 0.15) is 93.9 Å². The van der Waals surface area contributed by atoms with Gasteiger partial charge in [0.15, 0.2) is 0 Å². The summed E-state index contributed by atoms with van der Waals surface area (Å²) in [4.78, 5) is 27.7. The van der Waals surface area contributed by atoms with Crippen molar-refractivity contribution in [3.63, 3.8) is 0 Å². The number of amides is 2. The molecule has 0 aliphatic carbocycles. The SMILES string of the molecule is CCc1cc(C(CC)(CC)c2ccc(C(=O)N(CC)C(=O)OC)s2)ccc1OCC(C)(O)C(C)(C)C. The first kappa shape index (κ1) is 29.8. The molecule has 2 aromatic rings. The minimum absolute atomic E-state index is 0.208. The first-order chi connectivity index (χ1) is 16.8. The Balaban J connectivity index is 2.43. The number of methoxy groups -OCH3 is 1. The highest BCUT2D eigenvalue weighted by molar-refractivity contribution is 7.14. The number of carbonyl (C=O) groups is 2. The molecule has 200 valence electrons. The molecule has 1 unspecified atom stereocenters. The van der Waals surface area contributed by atoms with Gasteiger partial charge < -0.3 is 14.6 Å². The molecule has 1 aromatic carbocycles. The van der Waals surface area contributed by atoms with Crippen molar-refractivity contribution in [1.29, 1.82) is 0 Å². The van der Waals surface area contributed by atoms with Crippen LogP contribution in [-0.4, -0.2) is 47.9 Å². The third-order valence-corrected chi connectivity index (χ3v) is 8.85. The van der Waals surface area contributed by atoms with Gasteiger partial charge in [-0.1, -0.05) is 53.7 Å². The first-order valence-corrected chi connectivity index (χ1v) is 13.6. The average molecular weight is 518 g/mol. The highest BCUT2D eigenvalue weighted by Crippen LogP contribution is 2.44. The summed E-state index contributed by atoms with van der Waals surface area (Å²) >= 11 is 1.43. The predicted octanol–water partition coefficient (Wildman–Crippen LogP) is 6.82. The Morgan fingerprint density at radius 2 is 1.64 bits per heavy atom. The molecule has 0 spiro atoms. The van der Waals surface area contributed by atoms with Gasteiger partial charge >= 0.3 is 6.09 Å². The standard InChI is InChI=1S/C29H43NO5S/c1-10-20-18-21(14-15-22(20)35-19-28(8,33)27(5,6)7)29(11-2,12-3)24-17-16-23(36-24)25(31)30(13-4)26(32)34-9/h14-18,33H,10-13,19H2,1-9H3. The fourth-order valence-electron chi connectivity index (χ4n) is 4.19. The maximum atomic E-state index is 13.0. The van der Waals surface area contributed by atoms with Crippen molar-refractivity contribution in [2.45, 2.75) is 85.7 Å². The summed E-state index contributed by atoms with van der Waals surface area (Å²) in [5.41, 5.74) is 0.697. The van der Waals surface area contributed by atoms with E-state index in [4.69, 9.17) is 9.47 Å². The molecule has 1 heterocycles. The molecule has 0 saturated heterocycles. The van der Waals surface area contributed by atoms with Gasteiger partial charge in [0.2, 0.25) is 0 Å². The summed E-state index contributed by atoms with van der Waals surface area (Å²) in [7, 11) is 1.28. The number of aryl methyl sites for hydroxylation is 1. The number of imide groups is 1. The Bertz CT molecular complexity index is 1050. The quantitative estimate of drug-likeness (QED) is 0.374. The maximum Gasteiger partial charge on any atom is 0.416 e. The fourth-order valence-corrected chi connectivity index (χ4v) is 5.50. The van der Waals surface area contributed by atoms with E-state index in [0.29, 0.717) is 4.88 Å². The van der Waals surface area contributed by atoms with Gasteiger partial charge in [0.1, 0.15) is 18.0 Å². The summed E-state index contributed by atoms with van der Waals surface area (Å²) in [6.45, 7) is 16.4. The van der Waals surface area contributed by atoms with Crippen LogP contribution in [0, 0.1) is 5.41 Å². The van der Waals surface area contributed by atoms with Crippen LogP contribution < -0.4 is 4.74 Å². The molecule has 0 aliphatic rings. The van der Waals surface area contributed by atoms with Crippen molar-refractivity contribution >= 4 is 23.3 Å². The number of carbonyl (C=O) groups excluding carboxylic acids is 2. The Morgan fingerprint density at radius 1 is 1.00 bits per heavy atom. The molecule has 2 amide bonds.